The first-order valence-corrected chi connectivity index (χ1v) is 7.06. The van der Waals surface area contributed by atoms with Crippen molar-refractivity contribution in [2.45, 2.75) is 20.4 Å². The summed E-state index contributed by atoms with van der Waals surface area (Å²) in [6.45, 7) is 4.70. The van der Waals surface area contributed by atoms with Crippen molar-refractivity contribution in [1.82, 2.24) is 15.0 Å². The Morgan fingerprint density at radius 1 is 1.18 bits per heavy atom. The molecule has 0 fully saturated rings. The van der Waals surface area contributed by atoms with Crippen molar-refractivity contribution in [3.05, 3.63) is 58.7 Å². The second-order valence-electron chi connectivity index (χ2n) is 5.36. The fraction of sp³-hybridized carbons (Fsp3) is 0.235. The number of rotatable bonds is 3. The summed E-state index contributed by atoms with van der Waals surface area (Å²) in [5, 5.41) is 8.43. The van der Waals surface area contributed by atoms with Gasteiger partial charge in [0.25, 0.3) is 0 Å². The molecule has 0 atom stereocenters. The maximum atomic E-state index is 11.6. The molecule has 3 aromatic rings. The van der Waals surface area contributed by atoms with Crippen LogP contribution in [0.15, 0.2) is 36.4 Å². The number of carbonyl (C=O) groups excluding carboxylic acids is 1. The van der Waals surface area contributed by atoms with Crippen LogP contribution in [-0.4, -0.2) is 28.1 Å². The van der Waals surface area contributed by atoms with Crippen LogP contribution in [0, 0.1) is 13.8 Å². The van der Waals surface area contributed by atoms with Crippen LogP contribution < -0.4 is 0 Å². The Labute approximate surface area is 128 Å². The molecule has 0 aliphatic rings. The maximum Gasteiger partial charge on any atom is 0.337 e. The molecule has 0 radical (unpaired) electrons. The van der Waals surface area contributed by atoms with Gasteiger partial charge in [-0.05, 0) is 54.8 Å². The first kappa shape index (κ1) is 14.3. The van der Waals surface area contributed by atoms with Gasteiger partial charge >= 0.3 is 5.97 Å². The zero-order chi connectivity index (χ0) is 15.7. The monoisotopic (exact) mass is 295 g/mol. The van der Waals surface area contributed by atoms with Crippen LogP contribution >= 0.6 is 0 Å². The van der Waals surface area contributed by atoms with E-state index >= 15 is 0 Å². The van der Waals surface area contributed by atoms with Crippen molar-refractivity contribution in [1.29, 1.82) is 0 Å². The number of hydrogen-bond acceptors (Lipinski definition) is 4. The van der Waals surface area contributed by atoms with Gasteiger partial charge in [-0.25, -0.2) is 9.48 Å². The molecule has 5 nitrogen and oxygen atoms in total. The third-order valence-corrected chi connectivity index (χ3v) is 3.81. The third kappa shape index (κ3) is 2.57. The van der Waals surface area contributed by atoms with E-state index in [-0.39, 0.29) is 5.97 Å². The number of nitrogens with zero attached hydrogens (tertiary/aromatic N) is 3. The van der Waals surface area contributed by atoms with Gasteiger partial charge in [-0.1, -0.05) is 17.3 Å². The highest BCUT2D eigenvalue weighted by atomic mass is 16.5. The molecule has 2 aromatic carbocycles. The van der Waals surface area contributed by atoms with E-state index in [0.29, 0.717) is 12.1 Å². The van der Waals surface area contributed by atoms with Gasteiger partial charge < -0.3 is 4.74 Å². The highest BCUT2D eigenvalue weighted by molar-refractivity contribution is 5.89. The van der Waals surface area contributed by atoms with Crippen LogP contribution in [0.25, 0.3) is 11.0 Å². The van der Waals surface area contributed by atoms with E-state index in [1.54, 1.807) is 6.07 Å². The Hall–Kier alpha value is -2.69. The number of ether oxygens (including phenoxy) is 1. The van der Waals surface area contributed by atoms with Gasteiger partial charge in [0.1, 0.15) is 5.52 Å². The Morgan fingerprint density at radius 2 is 1.95 bits per heavy atom. The Morgan fingerprint density at radius 3 is 2.73 bits per heavy atom. The first-order valence-electron chi connectivity index (χ1n) is 7.06. The summed E-state index contributed by atoms with van der Waals surface area (Å²) in [5.74, 6) is -0.336. The molecule has 5 heteroatoms. The topological polar surface area (TPSA) is 57.0 Å². The highest BCUT2D eigenvalue weighted by Gasteiger charge is 2.09. The number of aromatic nitrogens is 3. The molecule has 0 unspecified atom stereocenters. The molecule has 0 aliphatic heterocycles. The van der Waals surface area contributed by atoms with Crippen LogP contribution in [0.3, 0.4) is 0 Å². The average molecular weight is 295 g/mol. The molecule has 0 spiro atoms. The van der Waals surface area contributed by atoms with Gasteiger partial charge in [0.05, 0.1) is 24.7 Å². The lowest BCUT2D eigenvalue weighted by atomic mass is 10.1. The summed E-state index contributed by atoms with van der Waals surface area (Å²) in [4.78, 5) is 11.6. The average Bonchev–Trinajstić information content (AvgIpc) is 2.89. The van der Waals surface area contributed by atoms with Crippen LogP contribution in [0.2, 0.25) is 0 Å². The molecule has 3 rings (SSSR count). The van der Waals surface area contributed by atoms with Crippen LogP contribution in [0.5, 0.6) is 0 Å². The van der Waals surface area contributed by atoms with Crippen LogP contribution in [0.4, 0.5) is 0 Å². The predicted molar refractivity (Wildman–Crippen MR) is 83.9 cm³/mol. The number of methoxy groups -OCH3 is 1. The van der Waals surface area contributed by atoms with Crippen molar-refractivity contribution in [3.8, 4) is 0 Å². The molecule has 1 heterocycles. The zero-order valence-corrected chi connectivity index (χ0v) is 12.8. The molecule has 0 aliphatic carbocycles. The van der Waals surface area contributed by atoms with E-state index in [2.05, 4.69) is 30.2 Å². The van der Waals surface area contributed by atoms with Gasteiger partial charge in [-0.3, -0.25) is 0 Å². The summed E-state index contributed by atoms with van der Waals surface area (Å²) in [5.41, 5.74) is 5.80. The minimum atomic E-state index is -0.336. The van der Waals surface area contributed by atoms with Crippen molar-refractivity contribution >= 4 is 17.0 Å². The summed E-state index contributed by atoms with van der Waals surface area (Å²) >= 11 is 0. The van der Waals surface area contributed by atoms with Crippen LogP contribution in [0.1, 0.15) is 27.0 Å². The SMILES string of the molecule is COC(=O)c1cccc(Cn2nnc3cc(C)c(C)cc32)c1. The molecule has 0 bridgehead atoms. The quantitative estimate of drug-likeness (QED) is 0.697. The number of benzene rings is 2. The van der Waals surface area contributed by atoms with Crippen molar-refractivity contribution in [3.63, 3.8) is 0 Å². The summed E-state index contributed by atoms with van der Waals surface area (Å²) in [6.07, 6.45) is 0. The number of aryl methyl sites for hydroxylation is 2. The van der Waals surface area contributed by atoms with Crippen LogP contribution in [-0.2, 0) is 11.3 Å². The Bertz CT molecular complexity index is 852. The molecule has 0 N–H and O–H groups in total. The minimum Gasteiger partial charge on any atom is -0.465 e. The predicted octanol–water partition coefficient (Wildman–Crippen LogP) is 2.88. The third-order valence-electron chi connectivity index (χ3n) is 3.81. The molecule has 0 amide bonds. The summed E-state index contributed by atoms with van der Waals surface area (Å²) in [7, 11) is 1.38. The fourth-order valence-electron chi connectivity index (χ4n) is 2.43. The van der Waals surface area contributed by atoms with Gasteiger partial charge in [-0.15, -0.1) is 5.10 Å². The van der Waals surface area contributed by atoms with Gasteiger partial charge in [0, 0.05) is 0 Å². The molecule has 1 aromatic heterocycles. The van der Waals surface area contributed by atoms with Gasteiger partial charge in [0.2, 0.25) is 0 Å². The Kier molecular flexibility index (Phi) is 3.63. The van der Waals surface area contributed by atoms with E-state index in [0.717, 1.165) is 16.6 Å². The van der Waals surface area contributed by atoms with E-state index in [4.69, 9.17) is 4.74 Å². The number of carbonyl (C=O) groups is 1. The van der Waals surface area contributed by atoms with Crippen molar-refractivity contribution in [2.24, 2.45) is 0 Å². The minimum absolute atomic E-state index is 0.336. The molecule has 22 heavy (non-hydrogen) atoms. The second kappa shape index (κ2) is 5.60. The zero-order valence-electron chi connectivity index (χ0n) is 12.8. The molecule has 0 saturated heterocycles. The number of hydrogen-bond donors (Lipinski definition) is 0. The lowest BCUT2D eigenvalue weighted by Gasteiger charge is -2.06. The smallest absolute Gasteiger partial charge is 0.337 e. The second-order valence-corrected chi connectivity index (χ2v) is 5.36. The van der Waals surface area contributed by atoms with E-state index in [1.807, 2.05) is 28.9 Å². The maximum absolute atomic E-state index is 11.6. The van der Waals surface area contributed by atoms with E-state index in [9.17, 15) is 4.79 Å². The summed E-state index contributed by atoms with van der Waals surface area (Å²) < 4.78 is 6.60. The molecule has 112 valence electrons. The van der Waals surface area contributed by atoms with Gasteiger partial charge in [0.15, 0.2) is 0 Å². The standard InChI is InChI=1S/C17H17N3O2/c1-11-7-15-16(8-12(11)2)20(19-18-15)10-13-5-4-6-14(9-13)17(21)22-3/h4-9H,10H2,1-3H3. The van der Waals surface area contributed by atoms with E-state index in [1.165, 1.54) is 18.2 Å². The highest BCUT2D eigenvalue weighted by Crippen LogP contribution is 2.18. The van der Waals surface area contributed by atoms with Crippen molar-refractivity contribution in [2.75, 3.05) is 7.11 Å². The number of fused-ring (bicyclic) bond motifs is 1. The molecular weight excluding hydrogens is 278 g/mol. The first-order chi connectivity index (χ1) is 10.6. The summed E-state index contributed by atoms with van der Waals surface area (Å²) in [6, 6.07) is 11.5. The van der Waals surface area contributed by atoms with Gasteiger partial charge in [-0.2, -0.15) is 0 Å². The normalized spacial score (nSPS) is 10.9. The fourth-order valence-corrected chi connectivity index (χ4v) is 2.43. The van der Waals surface area contributed by atoms with Crippen molar-refractivity contribution < 1.29 is 9.53 Å². The lowest BCUT2D eigenvalue weighted by Crippen LogP contribution is -2.05. The Balaban J connectivity index is 1.97. The van der Waals surface area contributed by atoms with E-state index < -0.39 is 0 Å². The molecular formula is C17H17N3O2. The lowest BCUT2D eigenvalue weighted by molar-refractivity contribution is 0.0600. The number of esters is 1. The molecule has 0 saturated carbocycles. The largest absolute Gasteiger partial charge is 0.465 e.